The fourth-order valence-electron chi connectivity index (χ4n) is 0.681. The molecule has 1 aromatic heterocycles. The normalized spacial score (nSPS) is 10.5. The third kappa shape index (κ3) is 2.13. The van der Waals surface area contributed by atoms with Crippen molar-refractivity contribution >= 4 is 22.6 Å². The molecule has 11 heavy (non-hydrogen) atoms. The topological polar surface area (TPSA) is 27.1 Å². The summed E-state index contributed by atoms with van der Waals surface area (Å²) in [6.07, 6.45) is 1.49. The lowest BCUT2D eigenvalue weighted by Crippen LogP contribution is -2.08. The van der Waals surface area contributed by atoms with E-state index in [-0.39, 0.29) is 5.95 Å². The standard InChI is InChI=1S/C6H8FIN2O/c1-11-3-2-10-6(7)5(8)4-9-10/h4H,2-3H2,1H3. The summed E-state index contributed by atoms with van der Waals surface area (Å²) in [4.78, 5) is 0. The molecule has 62 valence electrons. The number of aromatic nitrogens is 2. The minimum absolute atomic E-state index is 0.289. The molecular formula is C6H8FIN2O. The van der Waals surface area contributed by atoms with E-state index in [1.165, 1.54) is 10.9 Å². The first kappa shape index (κ1) is 8.92. The Bertz CT molecular complexity index is 238. The molecule has 0 unspecified atom stereocenters. The highest BCUT2D eigenvalue weighted by Crippen LogP contribution is 2.08. The van der Waals surface area contributed by atoms with Gasteiger partial charge in [0.2, 0.25) is 5.95 Å². The molecule has 0 aliphatic heterocycles. The van der Waals surface area contributed by atoms with E-state index in [2.05, 4.69) is 5.10 Å². The molecule has 3 nitrogen and oxygen atoms in total. The Balaban J connectivity index is 2.63. The van der Waals surface area contributed by atoms with Crippen LogP contribution in [0, 0.1) is 9.52 Å². The van der Waals surface area contributed by atoms with Gasteiger partial charge in [0.25, 0.3) is 0 Å². The molecule has 0 radical (unpaired) electrons. The predicted molar refractivity (Wildman–Crippen MR) is 46.8 cm³/mol. The van der Waals surface area contributed by atoms with Crippen molar-refractivity contribution in [3.8, 4) is 0 Å². The molecule has 0 fully saturated rings. The molecule has 0 aromatic carbocycles. The number of methoxy groups -OCH3 is 1. The molecule has 0 atom stereocenters. The SMILES string of the molecule is COCCn1ncc(I)c1F. The van der Waals surface area contributed by atoms with Crippen LogP contribution in [0.15, 0.2) is 6.20 Å². The third-order valence-electron chi connectivity index (χ3n) is 1.24. The number of ether oxygens (including phenoxy) is 1. The van der Waals surface area contributed by atoms with Crippen LogP contribution < -0.4 is 0 Å². The zero-order valence-electron chi connectivity index (χ0n) is 6.05. The number of nitrogens with zero attached hydrogens (tertiary/aromatic N) is 2. The Morgan fingerprint density at radius 2 is 2.55 bits per heavy atom. The third-order valence-corrected chi connectivity index (χ3v) is 1.96. The molecule has 1 rings (SSSR count). The van der Waals surface area contributed by atoms with Crippen molar-refractivity contribution in [2.75, 3.05) is 13.7 Å². The highest BCUT2D eigenvalue weighted by atomic mass is 127. The first-order valence-corrected chi connectivity index (χ1v) is 4.19. The molecule has 0 spiro atoms. The van der Waals surface area contributed by atoms with Gasteiger partial charge in [-0.3, -0.25) is 0 Å². The van der Waals surface area contributed by atoms with Crippen LogP contribution in [0.4, 0.5) is 4.39 Å². The van der Waals surface area contributed by atoms with Crippen molar-refractivity contribution < 1.29 is 9.13 Å². The number of halogens is 2. The number of hydrogen-bond acceptors (Lipinski definition) is 2. The van der Waals surface area contributed by atoms with Gasteiger partial charge in [-0.2, -0.15) is 9.49 Å². The molecule has 5 heteroatoms. The van der Waals surface area contributed by atoms with Crippen LogP contribution in [0.1, 0.15) is 0 Å². The lowest BCUT2D eigenvalue weighted by Gasteiger charge is -1.99. The second-order valence-corrected chi connectivity index (χ2v) is 3.16. The van der Waals surface area contributed by atoms with E-state index in [0.29, 0.717) is 16.7 Å². The summed E-state index contributed by atoms with van der Waals surface area (Å²) in [5, 5.41) is 3.81. The lowest BCUT2D eigenvalue weighted by atomic mass is 10.6. The molecule has 0 aliphatic rings. The average molecular weight is 270 g/mol. The summed E-state index contributed by atoms with van der Waals surface area (Å²) >= 11 is 1.90. The van der Waals surface area contributed by atoms with E-state index in [4.69, 9.17) is 4.74 Å². The molecule has 0 saturated heterocycles. The Morgan fingerprint density at radius 3 is 3.00 bits per heavy atom. The van der Waals surface area contributed by atoms with Gasteiger partial charge in [0, 0.05) is 7.11 Å². The van der Waals surface area contributed by atoms with E-state index in [1.54, 1.807) is 7.11 Å². The van der Waals surface area contributed by atoms with Gasteiger partial charge in [-0.15, -0.1) is 0 Å². The molecule has 0 amide bonds. The maximum absolute atomic E-state index is 12.9. The number of hydrogen-bond donors (Lipinski definition) is 0. The monoisotopic (exact) mass is 270 g/mol. The zero-order chi connectivity index (χ0) is 8.27. The molecule has 1 heterocycles. The van der Waals surface area contributed by atoms with Crippen LogP contribution in [0.2, 0.25) is 0 Å². The average Bonchev–Trinajstić information content (AvgIpc) is 2.31. The molecule has 0 bridgehead atoms. The second kappa shape index (κ2) is 4.01. The highest BCUT2D eigenvalue weighted by Gasteiger charge is 2.05. The lowest BCUT2D eigenvalue weighted by molar-refractivity contribution is 0.178. The molecule has 0 aliphatic carbocycles. The Hall–Kier alpha value is -0.170. The molecule has 1 aromatic rings. The Morgan fingerprint density at radius 1 is 1.82 bits per heavy atom. The number of rotatable bonds is 3. The van der Waals surface area contributed by atoms with E-state index in [1.807, 2.05) is 22.6 Å². The zero-order valence-corrected chi connectivity index (χ0v) is 8.21. The van der Waals surface area contributed by atoms with Crippen molar-refractivity contribution in [3.05, 3.63) is 15.7 Å². The summed E-state index contributed by atoms with van der Waals surface area (Å²) < 4.78 is 19.5. The largest absolute Gasteiger partial charge is 0.383 e. The highest BCUT2D eigenvalue weighted by molar-refractivity contribution is 14.1. The summed E-state index contributed by atoms with van der Waals surface area (Å²) in [6.45, 7) is 0.944. The first-order valence-electron chi connectivity index (χ1n) is 3.11. The van der Waals surface area contributed by atoms with Crippen LogP contribution in [0.3, 0.4) is 0 Å². The predicted octanol–water partition coefficient (Wildman–Crippen LogP) is 1.27. The quantitative estimate of drug-likeness (QED) is 0.773. The minimum atomic E-state index is -0.289. The van der Waals surface area contributed by atoms with Crippen molar-refractivity contribution in [2.24, 2.45) is 0 Å². The van der Waals surface area contributed by atoms with Crippen LogP contribution in [-0.4, -0.2) is 23.5 Å². The van der Waals surface area contributed by atoms with Crippen molar-refractivity contribution in [2.45, 2.75) is 6.54 Å². The minimum Gasteiger partial charge on any atom is -0.383 e. The second-order valence-electron chi connectivity index (χ2n) is 2.00. The molecular weight excluding hydrogens is 262 g/mol. The van der Waals surface area contributed by atoms with Gasteiger partial charge in [-0.1, -0.05) is 0 Å². The summed E-state index contributed by atoms with van der Waals surface area (Å²) in [5.74, 6) is -0.289. The van der Waals surface area contributed by atoms with Crippen LogP contribution >= 0.6 is 22.6 Å². The van der Waals surface area contributed by atoms with Gasteiger partial charge in [0.05, 0.1) is 22.9 Å². The summed E-state index contributed by atoms with van der Waals surface area (Å²) in [7, 11) is 1.58. The smallest absolute Gasteiger partial charge is 0.225 e. The van der Waals surface area contributed by atoms with Crippen molar-refractivity contribution in [1.29, 1.82) is 0 Å². The molecule has 0 N–H and O–H groups in total. The van der Waals surface area contributed by atoms with Crippen LogP contribution in [0.5, 0.6) is 0 Å². The maximum atomic E-state index is 12.9. The Kier molecular flexibility index (Phi) is 3.25. The van der Waals surface area contributed by atoms with E-state index in [0.717, 1.165) is 0 Å². The van der Waals surface area contributed by atoms with Gasteiger partial charge in [0.15, 0.2) is 0 Å². The van der Waals surface area contributed by atoms with E-state index >= 15 is 0 Å². The molecule has 0 saturated carbocycles. The first-order chi connectivity index (χ1) is 5.25. The van der Waals surface area contributed by atoms with E-state index in [9.17, 15) is 4.39 Å². The Labute approximate surface area is 77.7 Å². The maximum Gasteiger partial charge on any atom is 0.225 e. The fourth-order valence-corrected chi connectivity index (χ4v) is 1.08. The van der Waals surface area contributed by atoms with Crippen molar-refractivity contribution in [3.63, 3.8) is 0 Å². The van der Waals surface area contributed by atoms with Gasteiger partial charge < -0.3 is 4.74 Å². The van der Waals surface area contributed by atoms with Crippen LogP contribution in [0.25, 0.3) is 0 Å². The van der Waals surface area contributed by atoms with Gasteiger partial charge in [-0.05, 0) is 22.6 Å². The summed E-state index contributed by atoms with van der Waals surface area (Å²) in [6, 6.07) is 0. The fraction of sp³-hybridized carbons (Fsp3) is 0.500. The van der Waals surface area contributed by atoms with Gasteiger partial charge in [-0.25, -0.2) is 4.68 Å². The summed E-state index contributed by atoms with van der Waals surface area (Å²) in [5.41, 5.74) is 0. The van der Waals surface area contributed by atoms with Gasteiger partial charge >= 0.3 is 0 Å². The van der Waals surface area contributed by atoms with Crippen LogP contribution in [-0.2, 0) is 11.3 Å². The van der Waals surface area contributed by atoms with Gasteiger partial charge in [0.1, 0.15) is 0 Å². The van der Waals surface area contributed by atoms with E-state index < -0.39 is 0 Å². The van der Waals surface area contributed by atoms with Crippen molar-refractivity contribution in [1.82, 2.24) is 9.78 Å².